The monoisotopic (exact) mass is 241 g/mol. The molecule has 0 amide bonds. The first-order valence-electron chi connectivity index (χ1n) is 5.62. The molecule has 1 atom stereocenters. The zero-order chi connectivity index (χ0) is 12.1. The SMILES string of the molecule is CNCC(Oc1ccc(Cl)c(C)c1)C(C)C. The standard InChI is InChI=1S/C13H20ClNO/c1-9(2)13(8-15-4)16-11-5-6-12(14)10(3)7-11/h5-7,9,13,15H,8H2,1-4H3. The highest BCUT2D eigenvalue weighted by Crippen LogP contribution is 2.22. The molecule has 3 heteroatoms. The Hall–Kier alpha value is -0.730. The fraction of sp³-hybridized carbons (Fsp3) is 0.538. The first-order chi connectivity index (χ1) is 7.54. The summed E-state index contributed by atoms with van der Waals surface area (Å²) in [5.41, 5.74) is 1.05. The van der Waals surface area contributed by atoms with Gasteiger partial charge in [-0.05, 0) is 43.7 Å². The third kappa shape index (κ3) is 3.69. The lowest BCUT2D eigenvalue weighted by atomic mass is 10.1. The second-order valence-electron chi connectivity index (χ2n) is 4.37. The quantitative estimate of drug-likeness (QED) is 0.855. The van der Waals surface area contributed by atoms with Crippen molar-refractivity contribution >= 4 is 11.6 Å². The van der Waals surface area contributed by atoms with Crippen LogP contribution < -0.4 is 10.1 Å². The van der Waals surface area contributed by atoms with E-state index in [0.717, 1.165) is 22.9 Å². The molecule has 16 heavy (non-hydrogen) atoms. The molecule has 0 heterocycles. The van der Waals surface area contributed by atoms with Gasteiger partial charge < -0.3 is 10.1 Å². The summed E-state index contributed by atoms with van der Waals surface area (Å²) in [5.74, 6) is 1.36. The smallest absolute Gasteiger partial charge is 0.120 e. The molecule has 0 spiro atoms. The molecule has 1 unspecified atom stereocenters. The predicted octanol–water partition coefficient (Wildman–Crippen LogP) is 3.27. The normalized spacial score (nSPS) is 12.9. The van der Waals surface area contributed by atoms with Gasteiger partial charge in [0.25, 0.3) is 0 Å². The Morgan fingerprint density at radius 3 is 2.56 bits per heavy atom. The summed E-state index contributed by atoms with van der Waals surface area (Å²) in [5, 5.41) is 3.92. The molecule has 1 aromatic carbocycles. The Morgan fingerprint density at radius 2 is 2.06 bits per heavy atom. The summed E-state index contributed by atoms with van der Waals surface area (Å²) in [4.78, 5) is 0. The number of hydrogen-bond donors (Lipinski definition) is 1. The Bertz CT molecular complexity index is 339. The third-order valence-electron chi connectivity index (χ3n) is 2.57. The van der Waals surface area contributed by atoms with Crippen molar-refractivity contribution in [3.63, 3.8) is 0 Å². The van der Waals surface area contributed by atoms with Crippen molar-refractivity contribution in [2.45, 2.75) is 26.9 Å². The second-order valence-corrected chi connectivity index (χ2v) is 4.78. The lowest BCUT2D eigenvalue weighted by Crippen LogP contribution is -2.33. The summed E-state index contributed by atoms with van der Waals surface area (Å²) in [6.45, 7) is 7.15. The highest BCUT2D eigenvalue weighted by molar-refractivity contribution is 6.31. The van der Waals surface area contributed by atoms with E-state index in [0.29, 0.717) is 5.92 Å². The van der Waals surface area contributed by atoms with Crippen molar-refractivity contribution in [2.75, 3.05) is 13.6 Å². The number of aryl methyl sites for hydroxylation is 1. The van der Waals surface area contributed by atoms with Crippen LogP contribution in [0.2, 0.25) is 5.02 Å². The average molecular weight is 242 g/mol. The molecule has 0 saturated carbocycles. The number of likely N-dealkylation sites (N-methyl/N-ethyl adjacent to an activating group) is 1. The molecule has 0 aliphatic rings. The molecular formula is C13H20ClNO. The van der Waals surface area contributed by atoms with Crippen molar-refractivity contribution < 1.29 is 4.74 Å². The molecule has 1 N–H and O–H groups in total. The van der Waals surface area contributed by atoms with Crippen LogP contribution in [-0.4, -0.2) is 19.7 Å². The molecule has 0 radical (unpaired) electrons. The van der Waals surface area contributed by atoms with Crippen molar-refractivity contribution in [2.24, 2.45) is 5.92 Å². The average Bonchev–Trinajstić information content (AvgIpc) is 2.22. The van der Waals surface area contributed by atoms with Crippen LogP contribution in [0.3, 0.4) is 0 Å². The van der Waals surface area contributed by atoms with Crippen molar-refractivity contribution in [3.05, 3.63) is 28.8 Å². The number of nitrogens with one attached hydrogen (secondary N) is 1. The molecule has 1 rings (SSSR count). The van der Waals surface area contributed by atoms with Gasteiger partial charge in [0, 0.05) is 11.6 Å². The molecule has 0 fully saturated rings. The predicted molar refractivity (Wildman–Crippen MR) is 69.4 cm³/mol. The number of ether oxygens (including phenoxy) is 1. The fourth-order valence-corrected chi connectivity index (χ4v) is 1.60. The van der Waals surface area contributed by atoms with E-state index in [4.69, 9.17) is 16.3 Å². The Morgan fingerprint density at radius 1 is 1.38 bits per heavy atom. The maximum Gasteiger partial charge on any atom is 0.120 e. The van der Waals surface area contributed by atoms with E-state index >= 15 is 0 Å². The third-order valence-corrected chi connectivity index (χ3v) is 2.99. The van der Waals surface area contributed by atoms with Crippen LogP contribution in [0.1, 0.15) is 19.4 Å². The van der Waals surface area contributed by atoms with Gasteiger partial charge in [-0.3, -0.25) is 0 Å². The van der Waals surface area contributed by atoms with Gasteiger partial charge in [-0.2, -0.15) is 0 Å². The number of rotatable bonds is 5. The lowest BCUT2D eigenvalue weighted by molar-refractivity contribution is 0.151. The van der Waals surface area contributed by atoms with Gasteiger partial charge in [0.05, 0.1) is 0 Å². The van der Waals surface area contributed by atoms with Crippen LogP contribution in [0, 0.1) is 12.8 Å². The maximum atomic E-state index is 5.97. The molecule has 0 aromatic heterocycles. The molecule has 0 bridgehead atoms. The van der Waals surface area contributed by atoms with Crippen LogP contribution in [0.15, 0.2) is 18.2 Å². The van der Waals surface area contributed by atoms with Crippen LogP contribution in [-0.2, 0) is 0 Å². The first kappa shape index (κ1) is 13.3. The van der Waals surface area contributed by atoms with E-state index in [2.05, 4.69) is 19.2 Å². The summed E-state index contributed by atoms with van der Waals surface area (Å²) in [6, 6.07) is 5.77. The lowest BCUT2D eigenvalue weighted by Gasteiger charge is -2.22. The highest BCUT2D eigenvalue weighted by atomic mass is 35.5. The van der Waals surface area contributed by atoms with Gasteiger partial charge in [0.1, 0.15) is 11.9 Å². The van der Waals surface area contributed by atoms with Gasteiger partial charge in [-0.25, -0.2) is 0 Å². The molecule has 2 nitrogen and oxygen atoms in total. The largest absolute Gasteiger partial charge is 0.489 e. The van der Waals surface area contributed by atoms with Gasteiger partial charge in [0.15, 0.2) is 0 Å². The van der Waals surface area contributed by atoms with Crippen LogP contribution in [0.4, 0.5) is 0 Å². The van der Waals surface area contributed by atoms with Crippen molar-refractivity contribution in [1.82, 2.24) is 5.32 Å². The van der Waals surface area contributed by atoms with Gasteiger partial charge in [-0.1, -0.05) is 25.4 Å². The minimum absolute atomic E-state index is 0.186. The van der Waals surface area contributed by atoms with E-state index in [1.807, 2.05) is 32.2 Å². The summed E-state index contributed by atoms with van der Waals surface area (Å²) >= 11 is 5.97. The van der Waals surface area contributed by atoms with E-state index < -0.39 is 0 Å². The fourth-order valence-electron chi connectivity index (χ4n) is 1.48. The summed E-state index contributed by atoms with van der Waals surface area (Å²) in [7, 11) is 1.94. The van der Waals surface area contributed by atoms with Gasteiger partial charge >= 0.3 is 0 Å². The van der Waals surface area contributed by atoms with E-state index in [1.165, 1.54) is 0 Å². The Kier molecular flexibility index (Phi) is 5.10. The Balaban J connectivity index is 2.73. The summed E-state index contributed by atoms with van der Waals surface area (Å²) in [6.07, 6.45) is 0.186. The molecule has 0 aliphatic heterocycles. The number of halogens is 1. The van der Waals surface area contributed by atoms with Crippen molar-refractivity contribution in [3.8, 4) is 5.75 Å². The minimum Gasteiger partial charge on any atom is -0.489 e. The number of benzene rings is 1. The van der Waals surface area contributed by atoms with Crippen LogP contribution in [0.25, 0.3) is 0 Å². The van der Waals surface area contributed by atoms with Crippen LogP contribution in [0.5, 0.6) is 5.75 Å². The molecule has 0 saturated heterocycles. The maximum absolute atomic E-state index is 5.97. The second kappa shape index (κ2) is 6.12. The minimum atomic E-state index is 0.186. The van der Waals surface area contributed by atoms with Crippen molar-refractivity contribution in [1.29, 1.82) is 0 Å². The van der Waals surface area contributed by atoms with Gasteiger partial charge in [0.2, 0.25) is 0 Å². The zero-order valence-corrected chi connectivity index (χ0v) is 11.1. The van der Waals surface area contributed by atoms with E-state index in [9.17, 15) is 0 Å². The highest BCUT2D eigenvalue weighted by Gasteiger charge is 2.14. The topological polar surface area (TPSA) is 21.3 Å². The molecule has 1 aromatic rings. The summed E-state index contributed by atoms with van der Waals surface area (Å²) < 4.78 is 5.93. The van der Waals surface area contributed by atoms with Gasteiger partial charge in [-0.15, -0.1) is 0 Å². The van der Waals surface area contributed by atoms with E-state index in [1.54, 1.807) is 0 Å². The zero-order valence-electron chi connectivity index (χ0n) is 10.4. The van der Waals surface area contributed by atoms with E-state index in [-0.39, 0.29) is 6.10 Å². The Labute approximate surface area is 103 Å². The molecule has 0 aliphatic carbocycles. The molecule has 90 valence electrons. The van der Waals surface area contributed by atoms with Crippen LogP contribution >= 0.6 is 11.6 Å². The first-order valence-corrected chi connectivity index (χ1v) is 5.99. The number of hydrogen-bond acceptors (Lipinski definition) is 2. The molecular weight excluding hydrogens is 222 g/mol.